The van der Waals surface area contributed by atoms with E-state index < -0.39 is 6.09 Å². The third kappa shape index (κ3) is 1.39. The van der Waals surface area contributed by atoms with Crippen molar-refractivity contribution in [2.75, 3.05) is 13.2 Å². The number of ether oxygens (including phenoxy) is 1. The summed E-state index contributed by atoms with van der Waals surface area (Å²) < 4.78 is 5.35. The van der Waals surface area contributed by atoms with Gasteiger partial charge in [0.15, 0.2) is 0 Å². The lowest BCUT2D eigenvalue weighted by Crippen LogP contribution is -2.33. The van der Waals surface area contributed by atoms with Crippen LogP contribution in [0, 0.1) is 0 Å². The summed E-state index contributed by atoms with van der Waals surface area (Å²) in [5, 5.41) is 8.88. The van der Waals surface area contributed by atoms with Crippen molar-refractivity contribution in [1.82, 2.24) is 4.90 Å². The van der Waals surface area contributed by atoms with Crippen molar-refractivity contribution in [3.8, 4) is 0 Å². The van der Waals surface area contributed by atoms with E-state index in [9.17, 15) is 4.79 Å². The molecule has 0 aromatic rings. The molecule has 0 spiro atoms. The van der Waals surface area contributed by atoms with Crippen molar-refractivity contribution in [2.24, 2.45) is 0 Å². The highest BCUT2D eigenvalue weighted by molar-refractivity contribution is 5.68. The minimum Gasteiger partial charge on any atom is -0.492 e. The highest BCUT2D eigenvalue weighted by Crippen LogP contribution is 2.26. The SMILES string of the molecule is O=C(O)N1CC=CC2=C1CCCO2. The molecule has 0 aliphatic carbocycles. The molecule has 0 unspecified atom stereocenters. The van der Waals surface area contributed by atoms with Crippen molar-refractivity contribution in [1.29, 1.82) is 0 Å². The maximum Gasteiger partial charge on any atom is 0.411 e. The van der Waals surface area contributed by atoms with E-state index in [0.29, 0.717) is 13.2 Å². The predicted octanol–water partition coefficient (Wildman–Crippen LogP) is 1.56. The van der Waals surface area contributed by atoms with Crippen LogP contribution in [-0.2, 0) is 4.74 Å². The Morgan fingerprint density at radius 3 is 3.23 bits per heavy atom. The third-order valence-corrected chi connectivity index (χ3v) is 2.21. The van der Waals surface area contributed by atoms with E-state index in [2.05, 4.69) is 0 Å². The van der Waals surface area contributed by atoms with E-state index in [-0.39, 0.29) is 0 Å². The van der Waals surface area contributed by atoms with Crippen molar-refractivity contribution in [2.45, 2.75) is 12.8 Å². The number of hydrogen-bond donors (Lipinski definition) is 1. The number of allylic oxidation sites excluding steroid dienone is 2. The van der Waals surface area contributed by atoms with Gasteiger partial charge in [0, 0.05) is 6.54 Å². The van der Waals surface area contributed by atoms with Gasteiger partial charge in [0.05, 0.1) is 12.3 Å². The van der Waals surface area contributed by atoms with Crippen LogP contribution in [-0.4, -0.2) is 29.3 Å². The molecule has 0 saturated carbocycles. The molecule has 4 heteroatoms. The van der Waals surface area contributed by atoms with Crippen LogP contribution in [0.4, 0.5) is 4.79 Å². The van der Waals surface area contributed by atoms with Gasteiger partial charge < -0.3 is 9.84 Å². The Morgan fingerprint density at radius 2 is 2.46 bits per heavy atom. The molecule has 2 aliphatic heterocycles. The number of carboxylic acid groups (broad SMARTS) is 1. The smallest absolute Gasteiger partial charge is 0.411 e. The second-order valence-corrected chi connectivity index (χ2v) is 3.06. The van der Waals surface area contributed by atoms with Crippen LogP contribution in [0.25, 0.3) is 0 Å². The molecule has 1 amide bonds. The zero-order chi connectivity index (χ0) is 9.26. The molecular formula is C9H11NO3. The first kappa shape index (κ1) is 8.16. The largest absolute Gasteiger partial charge is 0.492 e. The average molecular weight is 181 g/mol. The molecule has 0 fully saturated rings. The normalized spacial score (nSPS) is 21.1. The molecule has 0 radical (unpaired) electrons. The molecule has 13 heavy (non-hydrogen) atoms. The summed E-state index contributed by atoms with van der Waals surface area (Å²) in [5.41, 5.74) is 0.807. The van der Waals surface area contributed by atoms with Gasteiger partial charge in [-0.3, -0.25) is 4.90 Å². The summed E-state index contributed by atoms with van der Waals surface area (Å²) in [7, 11) is 0. The summed E-state index contributed by atoms with van der Waals surface area (Å²) in [4.78, 5) is 12.2. The van der Waals surface area contributed by atoms with E-state index in [4.69, 9.17) is 9.84 Å². The number of amides is 1. The number of hydrogen-bond acceptors (Lipinski definition) is 2. The minimum absolute atomic E-state index is 0.442. The van der Waals surface area contributed by atoms with E-state index in [1.54, 1.807) is 6.08 Å². The molecule has 4 nitrogen and oxygen atoms in total. The third-order valence-electron chi connectivity index (χ3n) is 2.21. The van der Waals surface area contributed by atoms with Crippen molar-refractivity contribution in [3.05, 3.63) is 23.6 Å². The molecule has 70 valence electrons. The van der Waals surface area contributed by atoms with Crippen LogP contribution in [0.15, 0.2) is 23.6 Å². The van der Waals surface area contributed by atoms with Gasteiger partial charge in [0.2, 0.25) is 0 Å². The Labute approximate surface area is 76.1 Å². The van der Waals surface area contributed by atoms with E-state index in [0.717, 1.165) is 24.3 Å². The van der Waals surface area contributed by atoms with Gasteiger partial charge in [-0.25, -0.2) is 4.79 Å². The second kappa shape index (κ2) is 3.12. The van der Waals surface area contributed by atoms with E-state index in [1.807, 2.05) is 6.08 Å². The topological polar surface area (TPSA) is 49.8 Å². The molecule has 0 atom stereocenters. The molecule has 0 aromatic heterocycles. The quantitative estimate of drug-likeness (QED) is 0.617. The predicted molar refractivity (Wildman–Crippen MR) is 46.1 cm³/mol. The summed E-state index contributed by atoms with van der Waals surface area (Å²) in [6, 6.07) is 0. The summed E-state index contributed by atoms with van der Waals surface area (Å²) in [6.45, 7) is 1.13. The molecule has 0 bridgehead atoms. The van der Waals surface area contributed by atoms with Crippen LogP contribution < -0.4 is 0 Å². The fraction of sp³-hybridized carbons (Fsp3) is 0.444. The summed E-state index contributed by atoms with van der Waals surface area (Å²) in [5.74, 6) is 0.722. The van der Waals surface area contributed by atoms with Gasteiger partial charge in [-0.2, -0.15) is 0 Å². The maximum absolute atomic E-state index is 10.8. The second-order valence-electron chi connectivity index (χ2n) is 3.06. The Bertz CT molecular complexity index is 293. The molecule has 0 aromatic carbocycles. The molecule has 2 aliphatic rings. The number of carbonyl (C=O) groups is 1. The number of nitrogens with zero attached hydrogens (tertiary/aromatic N) is 1. The fourth-order valence-electron chi connectivity index (χ4n) is 1.61. The minimum atomic E-state index is -0.901. The Kier molecular flexibility index (Phi) is 1.96. The van der Waals surface area contributed by atoms with Gasteiger partial charge in [0.25, 0.3) is 0 Å². The maximum atomic E-state index is 10.8. The van der Waals surface area contributed by atoms with Crippen LogP contribution in [0.3, 0.4) is 0 Å². The van der Waals surface area contributed by atoms with Crippen molar-refractivity contribution in [3.63, 3.8) is 0 Å². The average Bonchev–Trinajstić information content (AvgIpc) is 2.17. The molecule has 2 heterocycles. The van der Waals surface area contributed by atoms with Gasteiger partial charge >= 0.3 is 6.09 Å². The molecule has 1 N–H and O–H groups in total. The van der Waals surface area contributed by atoms with Crippen LogP contribution in [0.5, 0.6) is 0 Å². The zero-order valence-electron chi connectivity index (χ0n) is 7.19. The Balaban J connectivity index is 2.29. The van der Waals surface area contributed by atoms with Crippen LogP contribution in [0.1, 0.15) is 12.8 Å². The Hall–Kier alpha value is -1.45. The molecule has 0 saturated heterocycles. The first-order valence-electron chi connectivity index (χ1n) is 4.32. The standard InChI is InChI=1S/C9H11NO3/c11-9(12)10-5-1-4-8-7(10)3-2-6-13-8/h1,4H,2-3,5-6H2,(H,11,12). The van der Waals surface area contributed by atoms with Gasteiger partial charge in [-0.1, -0.05) is 6.08 Å². The van der Waals surface area contributed by atoms with Gasteiger partial charge in [-0.05, 0) is 18.9 Å². The molecule has 2 rings (SSSR count). The van der Waals surface area contributed by atoms with Crippen molar-refractivity contribution >= 4 is 6.09 Å². The van der Waals surface area contributed by atoms with Gasteiger partial charge in [-0.15, -0.1) is 0 Å². The monoisotopic (exact) mass is 181 g/mol. The fourth-order valence-corrected chi connectivity index (χ4v) is 1.61. The highest BCUT2D eigenvalue weighted by Gasteiger charge is 2.24. The van der Waals surface area contributed by atoms with E-state index >= 15 is 0 Å². The summed E-state index contributed by atoms with van der Waals surface area (Å²) in [6.07, 6.45) is 4.46. The van der Waals surface area contributed by atoms with Crippen molar-refractivity contribution < 1.29 is 14.6 Å². The van der Waals surface area contributed by atoms with Crippen LogP contribution in [0.2, 0.25) is 0 Å². The highest BCUT2D eigenvalue weighted by atomic mass is 16.5. The first-order valence-corrected chi connectivity index (χ1v) is 4.32. The lowest BCUT2D eigenvalue weighted by Gasteiger charge is -2.29. The van der Waals surface area contributed by atoms with Gasteiger partial charge in [0.1, 0.15) is 5.76 Å². The lowest BCUT2D eigenvalue weighted by atomic mass is 10.1. The van der Waals surface area contributed by atoms with E-state index in [1.165, 1.54) is 4.90 Å². The lowest BCUT2D eigenvalue weighted by molar-refractivity contribution is 0.139. The van der Waals surface area contributed by atoms with Crippen LogP contribution >= 0.6 is 0 Å². The number of rotatable bonds is 0. The zero-order valence-corrected chi connectivity index (χ0v) is 7.19. The Morgan fingerprint density at radius 1 is 1.62 bits per heavy atom. The molecular weight excluding hydrogens is 170 g/mol. The first-order chi connectivity index (χ1) is 6.29. The summed E-state index contributed by atoms with van der Waals surface area (Å²) >= 11 is 0.